The highest BCUT2D eigenvalue weighted by Crippen LogP contribution is 2.37. The van der Waals surface area contributed by atoms with Gasteiger partial charge < -0.3 is 14.2 Å². The van der Waals surface area contributed by atoms with Gasteiger partial charge in [-0.3, -0.25) is 4.79 Å². The third kappa shape index (κ3) is 4.26. The first kappa shape index (κ1) is 17.4. The van der Waals surface area contributed by atoms with E-state index in [-0.39, 0.29) is 6.42 Å². The van der Waals surface area contributed by atoms with Crippen LogP contribution >= 0.6 is 0 Å². The first-order valence-electron chi connectivity index (χ1n) is 7.49. The lowest BCUT2D eigenvalue weighted by Crippen LogP contribution is -2.10. The highest BCUT2D eigenvalue weighted by atomic mass is 16.5. The predicted octanol–water partition coefficient (Wildman–Crippen LogP) is 3.44. The van der Waals surface area contributed by atoms with E-state index in [9.17, 15) is 10.1 Å². The summed E-state index contributed by atoms with van der Waals surface area (Å²) in [6.07, 6.45) is -0.0604. The Morgan fingerprint density at radius 2 is 1.79 bits per heavy atom. The molecule has 2 aromatic rings. The second kappa shape index (κ2) is 8.59. The van der Waals surface area contributed by atoms with Crippen molar-refractivity contribution in [2.45, 2.75) is 18.9 Å². The number of esters is 1. The quantitative estimate of drug-likeness (QED) is 0.729. The Balaban J connectivity index is 2.30. The molecule has 1 atom stereocenters. The highest BCUT2D eigenvalue weighted by molar-refractivity contribution is 5.71. The Morgan fingerprint density at radius 3 is 2.42 bits per heavy atom. The highest BCUT2D eigenvalue weighted by Gasteiger charge is 2.24. The molecule has 0 spiro atoms. The summed E-state index contributed by atoms with van der Waals surface area (Å²) in [6.45, 7) is 0.359. The molecular weight excluding hydrogens is 306 g/mol. The fourth-order valence-electron chi connectivity index (χ4n) is 2.37. The Morgan fingerprint density at radius 1 is 1.08 bits per heavy atom. The molecule has 5 nitrogen and oxygen atoms in total. The van der Waals surface area contributed by atoms with Gasteiger partial charge in [-0.2, -0.15) is 5.26 Å². The van der Waals surface area contributed by atoms with E-state index in [0.29, 0.717) is 23.7 Å². The maximum absolute atomic E-state index is 11.6. The van der Waals surface area contributed by atoms with Crippen LogP contribution < -0.4 is 9.47 Å². The zero-order valence-corrected chi connectivity index (χ0v) is 13.7. The van der Waals surface area contributed by atoms with Crippen LogP contribution in [0.15, 0.2) is 48.5 Å². The van der Waals surface area contributed by atoms with Crippen LogP contribution in [-0.2, 0) is 16.1 Å². The summed E-state index contributed by atoms with van der Waals surface area (Å²) in [5.41, 5.74) is 1.57. The van der Waals surface area contributed by atoms with Gasteiger partial charge in [0.25, 0.3) is 0 Å². The van der Waals surface area contributed by atoms with Crippen LogP contribution in [0.4, 0.5) is 0 Å². The predicted molar refractivity (Wildman–Crippen MR) is 88.8 cm³/mol. The Bertz CT molecular complexity index is 722. The minimum atomic E-state index is -0.709. The van der Waals surface area contributed by atoms with Gasteiger partial charge in [-0.25, -0.2) is 0 Å². The molecular formula is C19H19NO4. The maximum Gasteiger partial charge on any atom is 0.307 e. The summed E-state index contributed by atoms with van der Waals surface area (Å²) in [6, 6.07) is 17.1. The van der Waals surface area contributed by atoms with E-state index in [1.165, 1.54) is 14.2 Å². The number of nitrogens with zero attached hydrogens (tertiary/aromatic N) is 1. The molecule has 0 radical (unpaired) electrons. The van der Waals surface area contributed by atoms with E-state index in [0.717, 1.165) is 5.56 Å². The van der Waals surface area contributed by atoms with Gasteiger partial charge in [-0.1, -0.05) is 36.4 Å². The van der Waals surface area contributed by atoms with E-state index in [2.05, 4.69) is 10.8 Å². The van der Waals surface area contributed by atoms with Gasteiger partial charge >= 0.3 is 5.97 Å². The number of carbonyl (C=O) groups excluding carboxylic acids is 1. The van der Waals surface area contributed by atoms with Crippen molar-refractivity contribution in [2.75, 3.05) is 14.2 Å². The molecule has 0 saturated heterocycles. The molecule has 0 aliphatic carbocycles. The average molecular weight is 325 g/mol. The molecule has 0 aliphatic rings. The Kier molecular flexibility index (Phi) is 6.21. The second-order valence-corrected chi connectivity index (χ2v) is 5.11. The van der Waals surface area contributed by atoms with Crippen LogP contribution in [0.3, 0.4) is 0 Å². The molecule has 0 bridgehead atoms. The third-order valence-corrected chi connectivity index (χ3v) is 3.59. The molecule has 0 aliphatic heterocycles. The number of benzene rings is 2. The standard InChI is InChI=1S/C19H19NO4/c1-22-16-9-6-10-17(24-13-14-7-4-3-5-8-14)19(16)15(12-20)11-18(21)23-2/h3-10,15H,11,13H2,1-2H3. The number of nitriles is 1. The van der Waals surface area contributed by atoms with Crippen molar-refractivity contribution < 1.29 is 19.0 Å². The van der Waals surface area contributed by atoms with Crippen LogP contribution in [0.2, 0.25) is 0 Å². The fraction of sp³-hybridized carbons (Fsp3) is 0.263. The van der Waals surface area contributed by atoms with Crippen molar-refractivity contribution in [3.05, 3.63) is 59.7 Å². The monoisotopic (exact) mass is 325 g/mol. The number of carbonyl (C=O) groups is 1. The minimum Gasteiger partial charge on any atom is -0.496 e. The first-order valence-corrected chi connectivity index (χ1v) is 7.49. The second-order valence-electron chi connectivity index (χ2n) is 5.11. The van der Waals surface area contributed by atoms with Crippen molar-refractivity contribution >= 4 is 5.97 Å². The molecule has 2 aromatic carbocycles. The van der Waals surface area contributed by atoms with Crippen LogP contribution in [0.25, 0.3) is 0 Å². The summed E-state index contributed by atoms with van der Waals surface area (Å²) in [7, 11) is 2.82. The largest absolute Gasteiger partial charge is 0.496 e. The number of methoxy groups -OCH3 is 2. The summed E-state index contributed by atoms with van der Waals surface area (Å²) < 4.78 is 15.9. The fourth-order valence-corrected chi connectivity index (χ4v) is 2.37. The van der Waals surface area contributed by atoms with Gasteiger partial charge in [0.15, 0.2) is 0 Å². The molecule has 24 heavy (non-hydrogen) atoms. The molecule has 0 heterocycles. The van der Waals surface area contributed by atoms with Crippen molar-refractivity contribution in [3.8, 4) is 17.6 Å². The molecule has 1 unspecified atom stereocenters. The van der Waals surface area contributed by atoms with Gasteiger partial charge in [0.05, 0.1) is 38.2 Å². The van der Waals surface area contributed by atoms with Crippen LogP contribution in [-0.4, -0.2) is 20.2 Å². The maximum atomic E-state index is 11.6. The van der Waals surface area contributed by atoms with Gasteiger partial charge in [0, 0.05) is 0 Å². The SMILES string of the molecule is COC(=O)CC(C#N)c1c(OC)cccc1OCc1ccccc1. The van der Waals surface area contributed by atoms with E-state index in [4.69, 9.17) is 9.47 Å². The molecule has 5 heteroatoms. The Hall–Kier alpha value is -3.00. The molecule has 0 aromatic heterocycles. The number of hydrogen-bond donors (Lipinski definition) is 0. The Labute approximate surface area is 141 Å². The van der Waals surface area contributed by atoms with Gasteiger partial charge in [0.1, 0.15) is 18.1 Å². The first-order chi connectivity index (χ1) is 11.7. The van der Waals surface area contributed by atoms with E-state index in [1.807, 2.05) is 30.3 Å². The molecule has 0 amide bonds. The van der Waals surface area contributed by atoms with E-state index >= 15 is 0 Å². The average Bonchev–Trinajstić information content (AvgIpc) is 2.64. The van der Waals surface area contributed by atoms with Crippen molar-refractivity contribution in [3.63, 3.8) is 0 Å². The molecule has 0 fully saturated rings. The number of rotatable bonds is 7. The van der Waals surface area contributed by atoms with Crippen LogP contribution in [0.5, 0.6) is 11.5 Å². The van der Waals surface area contributed by atoms with Gasteiger partial charge in [-0.15, -0.1) is 0 Å². The summed E-state index contributed by atoms with van der Waals surface area (Å²) in [4.78, 5) is 11.6. The molecule has 124 valence electrons. The number of hydrogen-bond acceptors (Lipinski definition) is 5. The normalized spacial score (nSPS) is 11.2. The van der Waals surface area contributed by atoms with Crippen molar-refractivity contribution in [2.24, 2.45) is 0 Å². The molecule has 0 N–H and O–H groups in total. The summed E-state index contributed by atoms with van der Waals surface area (Å²) in [5, 5.41) is 9.48. The zero-order valence-electron chi connectivity index (χ0n) is 13.7. The van der Waals surface area contributed by atoms with Crippen LogP contribution in [0, 0.1) is 11.3 Å². The zero-order chi connectivity index (χ0) is 17.4. The lowest BCUT2D eigenvalue weighted by Gasteiger charge is -2.18. The molecule has 2 rings (SSSR count). The van der Waals surface area contributed by atoms with Crippen LogP contribution in [0.1, 0.15) is 23.5 Å². The number of ether oxygens (including phenoxy) is 3. The lowest BCUT2D eigenvalue weighted by molar-refractivity contribution is -0.140. The van der Waals surface area contributed by atoms with E-state index < -0.39 is 11.9 Å². The van der Waals surface area contributed by atoms with Crippen molar-refractivity contribution in [1.29, 1.82) is 5.26 Å². The smallest absolute Gasteiger partial charge is 0.307 e. The molecule has 0 saturated carbocycles. The summed E-state index contributed by atoms with van der Waals surface area (Å²) >= 11 is 0. The topological polar surface area (TPSA) is 68.6 Å². The van der Waals surface area contributed by atoms with Gasteiger partial charge in [0.2, 0.25) is 0 Å². The lowest BCUT2D eigenvalue weighted by atomic mass is 9.95. The minimum absolute atomic E-state index is 0.0604. The summed E-state index contributed by atoms with van der Waals surface area (Å²) in [5.74, 6) is -0.134. The van der Waals surface area contributed by atoms with Crippen molar-refractivity contribution in [1.82, 2.24) is 0 Å². The van der Waals surface area contributed by atoms with Gasteiger partial charge in [-0.05, 0) is 17.7 Å². The van der Waals surface area contributed by atoms with E-state index in [1.54, 1.807) is 18.2 Å². The third-order valence-electron chi connectivity index (χ3n) is 3.59.